The zero-order valence-electron chi connectivity index (χ0n) is 28.1. The van der Waals surface area contributed by atoms with Crippen molar-refractivity contribution in [1.29, 1.82) is 0 Å². The van der Waals surface area contributed by atoms with E-state index in [1.54, 1.807) is 48.0 Å². The summed E-state index contributed by atoms with van der Waals surface area (Å²) in [6, 6.07) is 13.6. The largest absolute Gasteiger partial charge is 0.455 e. The molecule has 0 aliphatic carbocycles. The minimum atomic E-state index is -1.55. The number of benzene rings is 2. The van der Waals surface area contributed by atoms with Crippen molar-refractivity contribution < 1.29 is 38.5 Å². The normalized spacial score (nSPS) is 31.0. The molecule has 0 radical (unpaired) electrons. The third kappa shape index (κ3) is 6.15. The van der Waals surface area contributed by atoms with Crippen molar-refractivity contribution in [2.24, 2.45) is 11.8 Å². The number of fused-ring (bicyclic) bond motifs is 3. The van der Waals surface area contributed by atoms with Gasteiger partial charge in [0.2, 0.25) is 11.8 Å². The molecule has 0 saturated carbocycles. The van der Waals surface area contributed by atoms with Gasteiger partial charge in [-0.1, -0.05) is 75.8 Å². The fraction of sp³-hybridized carbons (Fsp3) is 0.444. The van der Waals surface area contributed by atoms with E-state index in [9.17, 15) is 24.3 Å². The number of allylic oxidation sites excluding steroid dienone is 1. The fourth-order valence-corrected chi connectivity index (χ4v) is 8.50. The van der Waals surface area contributed by atoms with Crippen LogP contribution < -0.4 is 5.32 Å². The van der Waals surface area contributed by atoms with E-state index < -0.39 is 72.2 Å². The summed E-state index contributed by atoms with van der Waals surface area (Å²) < 4.78 is 20.5. The second-order valence-corrected chi connectivity index (χ2v) is 14.2. The number of hydrogen-bond donors (Lipinski definition) is 2. The van der Waals surface area contributed by atoms with Gasteiger partial charge in [0.1, 0.15) is 42.0 Å². The van der Waals surface area contributed by atoms with E-state index in [4.69, 9.17) is 14.2 Å². The van der Waals surface area contributed by atoms with Gasteiger partial charge in [-0.3, -0.25) is 19.2 Å². The Morgan fingerprint density at radius 3 is 2.59 bits per heavy atom. The lowest BCUT2D eigenvalue weighted by molar-refractivity contribution is -0.163. The first-order valence-corrected chi connectivity index (χ1v) is 17.7. The molecular formula is C36H39BrN6O8. The maximum Gasteiger partial charge on any atom is 0.313 e. The lowest BCUT2D eigenvalue weighted by Crippen LogP contribution is -2.58. The Balaban J connectivity index is 1.33. The van der Waals surface area contributed by atoms with E-state index in [-0.39, 0.29) is 32.1 Å². The Kier molecular flexibility index (Phi) is 9.80. The number of cyclic esters (lactones) is 1. The first kappa shape index (κ1) is 35.0. The summed E-state index contributed by atoms with van der Waals surface area (Å²) in [5, 5.41) is 21.9. The number of para-hydroxylation sites is 1. The summed E-state index contributed by atoms with van der Waals surface area (Å²) in [6.45, 7) is 1.35. The number of hydrogen-bond acceptors (Lipinski definition) is 10. The first-order chi connectivity index (χ1) is 24.7. The Morgan fingerprint density at radius 2 is 1.82 bits per heavy atom. The number of amides is 3. The van der Waals surface area contributed by atoms with Crippen molar-refractivity contribution in [3.63, 3.8) is 0 Å². The number of rotatable bonds is 7. The van der Waals surface area contributed by atoms with E-state index >= 15 is 0 Å². The number of nitrogens with zero attached hydrogens (tertiary/aromatic N) is 5. The molecular weight excluding hydrogens is 724 g/mol. The van der Waals surface area contributed by atoms with Crippen LogP contribution in [0, 0.1) is 11.8 Å². The molecule has 14 nitrogen and oxygen atoms in total. The Bertz CT molecular complexity index is 1880. The van der Waals surface area contributed by atoms with Crippen LogP contribution >= 0.6 is 15.9 Å². The molecule has 8 atom stereocenters. The minimum Gasteiger partial charge on any atom is -0.455 e. The van der Waals surface area contributed by atoms with Crippen LogP contribution in [0.2, 0.25) is 0 Å². The lowest BCUT2D eigenvalue weighted by Gasteiger charge is -2.37. The topological polar surface area (TPSA) is 165 Å². The molecule has 1 spiro atoms. The van der Waals surface area contributed by atoms with Gasteiger partial charge in [0.05, 0.1) is 36.7 Å². The maximum atomic E-state index is 15.0. The highest BCUT2D eigenvalue weighted by atomic mass is 79.9. The predicted molar refractivity (Wildman–Crippen MR) is 185 cm³/mol. The van der Waals surface area contributed by atoms with Crippen molar-refractivity contribution >= 4 is 50.7 Å². The zero-order chi connectivity index (χ0) is 35.9. The lowest BCUT2D eigenvalue weighted by atomic mass is 9.74. The summed E-state index contributed by atoms with van der Waals surface area (Å²) in [6.07, 6.45) is 3.94. The van der Waals surface area contributed by atoms with Crippen LogP contribution in [-0.2, 0) is 40.1 Å². The fourth-order valence-electron chi connectivity index (χ4n) is 7.77. The summed E-state index contributed by atoms with van der Waals surface area (Å²) in [5.41, 5.74) is 0.425. The van der Waals surface area contributed by atoms with Gasteiger partial charge in [-0.05, 0) is 37.1 Å². The van der Waals surface area contributed by atoms with Crippen LogP contribution in [0.15, 0.2) is 77.3 Å². The van der Waals surface area contributed by atoms with Crippen LogP contribution in [0.5, 0.6) is 0 Å². The van der Waals surface area contributed by atoms with Gasteiger partial charge in [0.15, 0.2) is 0 Å². The molecule has 51 heavy (non-hydrogen) atoms. The van der Waals surface area contributed by atoms with Crippen LogP contribution in [0.25, 0.3) is 11.0 Å². The molecule has 4 aliphatic heterocycles. The number of esters is 1. The van der Waals surface area contributed by atoms with E-state index in [1.807, 2.05) is 36.4 Å². The highest BCUT2D eigenvalue weighted by molar-refractivity contribution is 9.11. The van der Waals surface area contributed by atoms with Gasteiger partial charge >= 0.3 is 5.97 Å². The summed E-state index contributed by atoms with van der Waals surface area (Å²) in [5.74, 6) is -4.25. The number of ether oxygens (including phenoxy) is 3. The number of aromatic nitrogens is 3. The van der Waals surface area contributed by atoms with Crippen LogP contribution in [0.3, 0.4) is 0 Å². The van der Waals surface area contributed by atoms with Crippen molar-refractivity contribution in [2.75, 3.05) is 26.9 Å². The number of nitrogens with one attached hydrogen (secondary N) is 1. The highest BCUT2D eigenvalue weighted by Crippen LogP contribution is 2.59. The molecule has 3 amide bonds. The number of methoxy groups -OCH3 is 1. The smallest absolute Gasteiger partial charge is 0.313 e. The van der Waals surface area contributed by atoms with Gasteiger partial charge in [-0.15, -0.1) is 5.10 Å². The summed E-state index contributed by atoms with van der Waals surface area (Å²) >= 11 is 3.58. The van der Waals surface area contributed by atoms with E-state index in [0.717, 1.165) is 0 Å². The van der Waals surface area contributed by atoms with E-state index in [2.05, 4.69) is 31.6 Å². The van der Waals surface area contributed by atoms with Crippen LogP contribution in [-0.4, -0.2) is 110 Å². The molecule has 2 aromatic carbocycles. The van der Waals surface area contributed by atoms with Crippen molar-refractivity contribution in [3.8, 4) is 0 Å². The molecule has 4 aliphatic rings. The Labute approximate surface area is 302 Å². The molecule has 15 heteroatoms. The monoisotopic (exact) mass is 762 g/mol. The Morgan fingerprint density at radius 1 is 1.06 bits per heavy atom. The molecule has 2 saturated heterocycles. The third-order valence-electron chi connectivity index (χ3n) is 10.1. The predicted octanol–water partition coefficient (Wildman–Crippen LogP) is 2.24. The molecule has 268 valence electrons. The number of carbonyl (C=O) groups is 4. The van der Waals surface area contributed by atoms with Crippen molar-refractivity contribution in [1.82, 2.24) is 30.1 Å². The number of aliphatic hydroxyl groups is 1. The molecule has 3 aromatic rings. The minimum absolute atomic E-state index is 0.0197. The molecule has 5 bridgehead atoms. The van der Waals surface area contributed by atoms with Crippen LogP contribution in [0.1, 0.15) is 31.4 Å². The quantitative estimate of drug-likeness (QED) is 0.270. The third-order valence-corrected chi connectivity index (χ3v) is 10.8. The number of halogens is 1. The van der Waals surface area contributed by atoms with Crippen molar-refractivity contribution in [2.45, 2.75) is 62.4 Å². The number of likely N-dealkylation sites (tertiary alicyclic amines) is 1. The second kappa shape index (κ2) is 14.3. The average molecular weight is 764 g/mol. The van der Waals surface area contributed by atoms with E-state index in [1.165, 1.54) is 16.9 Å². The average Bonchev–Trinajstić information content (AvgIpc) is 3.86. The van der Waals surface area contributed by atoms with E-state index in [0.29, 0.717) is 27.5 Å². The Hall–Kier alpha value is -4.44. The molecule has 2 fully saturated rings. The van der Waals surface area contributed by atoms with Crippen LogP contribution in [0.4, 0.5) is 0 Å². The zero-order valence-corrected chi connectivity index (χ0v) is 29.7. The second-order valence-electron chi connectivity index (χ2n) is 13.3. The summed E-state index contributed by atoms with van der Waals surface area (Å²) in [7, 11) is 1.50. The molecule has 7 rings (SSSR count). The van der Waals surface area contributed by atoms with Crippen molar-refractivity contribution in [3.05, 3.63) is 82.9 Å². The number of aliphatic hydroxyl groups excluding tert-OH is 1. The van der Waals surface area contributed by atoms with Gasteiger partial charge < -0.3 is 34.4 Å². The standard InChI is InChI=1S/C36H39BrN6O8/c1-21(18-44)43-32-34(47)41(20-42-26-14-9-8-13-24(26)39-40-42)16-10-4-7-15-27(45)38-25(19-49-2)30(22-11-5-3-6-12-22)50-35(48)28-29(33(43)46)36(32)17-23(37)31(28)51-36/h3-6,8-14,17,21,25,28-32,44H,7,15-16,18-20H2,1-2H3,(H,38,45)/b10-4-/t21-,25-,28+,29-,30-,31+,32+,36-/m1/s1. The first-order valence-electron chi connectivity index (χ1n) is 16.9. The molecule has 5 heterocycles. The highest BCUT2D eigenvalue weighted by Gasteiger charge is 2.75. The van der Waals surface area contributed by atoms with Gasteiger partial charge in [-0.25, -0.2) is 4.68 Å². The molecule has 2 N–H and O–H groups in total. The van der Waals surface area contributed by atoms with Gasteiger partial charge in [-0.2, -0.15) is 0 Å². The van der Waals surface area contributed by atoms with Gasteiger partial charge in [0, 0.05) is 24.6 Å². The SMILES string of the molecule is COC[C@H]1NC(=O)CC/C=C\CN(Cn2nnc3ccccc32)C(=O)[C@@H]2N([C@H](C)CO)C(=O)[C@H]3[C@H](C(=O)O[C@@H]1c1ccccc1)[C@H]1O[C@@]23C=C1Br. The number of carbonyl (C=O) groups excluding carboxylic acids is 4. The maximum absolute atomic E-state index is 15.0. The molecule has 0 unspecified atom stereocenters. The molecule has 1 aromatic heterocycles. The van der Waals surface area contributed by atoms with Gasteiger partial charge in [0.25, 0.3) is 5.91 Å². The summed E-state index contributed by atoms with van der Waals surface area (Å²) in [4.78, 5) is 60.2.